The highest BCUT2D eigenvalue weighted by Crippen LogP contribution is 2.23. The zero-order valence-corrected chi connectivity index (χ0v) is 12.6. The molecule has 0 saturated carbocycles. The van der Waals surface area contributed by atoms with Gasteiger partial charge in [-0.25, -0.2) is 4.79 Å². The Labute approximate surface area is 125 Å². The summed E-state index contributed by atoms with van der Waals surface area (Å²) in [6.45, 7) is 4.81. The molecule has 1 atom stereocenters. The fraction of sp³-hybridized carbons (Fsp3) is 0.471. The van der Waals surface area contributed by atoms with Gasteiger partial charge in [-0.1, -0.05) is 12.1 Å². The normalized spacial score (nSPS) is 19.1. The fourth-order valence-electron chi connectivity index (χ4n) is 2.21. The lowest BCUT2D eigenvalue weighted by Gasteiger charge is -2.23. The predicted octanol–water partition coefficient (Wildman–Crippen LogP) is 3.56. The maximum absolute atomic E-state index is 11.5. The van der Waals surface area contributed by atoms with Crippen molar-refractivity contribution >= 4 is 11.5 Å². The molecule has 0 spiro atoms. The molecule has 21 heavy (non-hydrogen) atoms. The van der Waals surface area contributed by atoms with Gasteiger partial charge in [0.15, 0.2) is 6.29 Å². The van der Waals surface area contributed by atoms with Gasteiger partial charge < -0.3 is 14.2 Å². The Bertz CT molecular complexity index is 501. The maximum Gasteiger partial charge on any atom is 0.331 e. The summed E-state index contributed by atoms with van der Waals surface area (Å²) in [5.74, 6) is 0.438. The predicted molar refractivity (Wildman–Crippen MR) is 80.9 cm³/mol. The van der Waals surface area contributed by atoms with E-state index in [9.17, 15) is 4.79 Å². The minimum absolute atomic E-state index is 0.164. The lowest BCUT2D eigenvalue weighted by atomic mass is 10.1. The minimum atomic E-state index is -0.322. The van der Waals surface area contributed by atoms with Crippen LogP contribution in [0.15, 0.2) is 30.3 Å². The van der Waals surface area contributed by atoms with Gasteiger partial charge in [0, 0.05) is 12.5 Å². The average molecular weight is 290 g/mol. The van der Waals surface area contributed by atoms with Crippen molar-refractivity contribution in [3.8, 4) is 5.75 Å². The molecule has 0 N–H and O–H groups in total. The van der Waals surface area contributed by atoms with Crippen LogP contribution < -0.4 is 4.74 Å². The Morgan fingerprint density at radius 3 is 3.00 bits per heavy atom. The topological polar surface area (TPSA) is 44.8 Å². The van der Waals surface area contributed by atoms with Gasteiger partial charge in [-0.05, 0) is 50.0 Å². The van der Waals surface area contributed by atoms with Crippen LogP contribution in [0.5, 0.6) is 5.75 Å². The molecule has 1 fully saturated rings. The third-order valence-corrected chi connectivity index (χ3v) is 3.32. The molecule has 1 aliphatic heterocycles. The van der Waals surface area contributed by atoms with Crippen LogP contribution in [0.25, 0.3) is 5.57 Å². The molecule has 0 amide bonds. The van der Waals surface area contributed by atoms with Gasteiger partial charge in [-0.2, -0.15) is 0 Å². The Morgan fingerprint density at radius 1 is 1.43 bits per heavy atom. The first kappa shape index (κ1) is 15.6. The van der Waals surface area contributed by atoms with Crippen LogP contribution in [0, 0.1) is 0 Å². The van der Waals surface area contributed by atoms with E-state index in [0.717, 1.165) is 42.8 Å². The number of rotatable bonds is 5. The standard InChI is InChI=1S/C17H22O4/c1-3-19-16(18)11-13(2)14-7-6-8-15(12-14)21-17-9-4-5-10-20-17/h6-8,11-12,17H,3-5,9-10H2,1-2H3. The molecule has 1 saturated heterocycles. The summed E-state index contributed by atoms with van der Waals surface area (Å²) in [5, 5.41) is 0. The molecule has 4 heteroatoms. The van der Waals surface area contributed by atoms with Crippen molar-refractivity contribution in [1.29, 1.82) is 0 Å². The van der Waals surface area contributed by atoms with E-state index in [0.29, 0.717) is 6.61 Å². The second-order valence-electron chi connectivity index (χ2n) is 5.02. The van der Waals surface area contributed by atoms with Gasteiger partial charge in [0.2, 0.25) is 0 Å². The Hall–Kier alpha value is -1.81. The highest BCUT2D eigenvalue weighted by atomic mass is 16.7. The van der Waals surface area contributed by atoms with Crippen LogP contribution in [-0.2, 0) is 14.3 Å². The molecular weight excluding hydrogens is 268 g/mol. The third kappa shape index (κ3) is 4.90. The highest BCUT2D eigenvalue weighted by molar-refractivity contribution is 5.90. The molecule has 0 bridgehead atoms. The largest absolute Gasteiger partial charge is 0.465 e. The fourth-order valence-corrected chi connectivity index (χ4v) is 2.21. The number of carbonyl (C=O) groups excluding carboxylic acids is 1. The highest BCUT2D eigenvalue weighted by Gasteiger charge is 2.15. The van der Waals surface area contributed by atoms with Crippen molar-refractivity contribution < 1.29 is 19.0 Å². The lowest BCUT2D eigenvalue weighted by molar-refractivity contribution is -0.137. The van der Waals surface area contributed by atoms with Crippen molar-refractivity contribution in [2.24, 2.45) is 0 Å². The Balaban J connectivity index is 2.04. The second kappa shape index (κ2) is 7.84. The number of benzene rings is 1. The van der Waals surface area contributed by atoms with Crippen molar-refractivity contribution in [2.75, 3.05) is 13.2 Å². The zero-order valence-electron chi connectivity index (χ0n) is 12.6. The molecule has 4 nitrogen and oxygen atoms in total. The van der Waals surface area contributed by atoms with Crippen LogP contribution in [-0.4, -0.2) is 25.5 Å². The van der Waals surface area contributed by atoms with Gasteiger partial charge in [0.25, 0.3) is 0 Å². The van der Waals surface area contributed by atoms with Crippen LogP contribution in [0.3, 0.4) is 0 Å². The molecule has 0 aromatic heterocycles. The molecule has 1 aromatic rings. The van der Waals surface area contributed by atoms with E-state index in [2.05, 4.69) is 0 Å². The maximum atomic E-state index is 11.5. The summed E-state index contributed by atoms with van der Waals surface area (Å²) < 4.78 is 16.3. The lowest BCUT2D eigenvalue weighted by Crippen LogP contribution is -2.24. The Kier molecular flexibility index (Phi) is 5.81. The van der Waals surface area contributed by atoms with Gasteiger partial charge in [-0.15, -0.1) is 0 Å². The van der Waals surface area contributed by atoms with E-state index < -0.39 is 0 Å². The smallest absolute Gasteiger partial charge is 0.331 e. The molecule has 1 heterocycles. The first-order valence-corrected chi connectivity index (χ1v) is 7.43. The van der Waals surface area contributed by atoms with E-state index in [1.807, 2.05) is 31.2 Å². The summed E-state index contributed by atoms with van der Waals surface area (Å²) >= 11 is 0. The SMILES string of the molecule is CCOC(=O)C=C(C)c1cccc(OC2CCCCO2)c1. The number of allylic oxidation sites excluding steroid dienone is 1. The first-order chi connectivity index (χ1) is 10.2. The van der Waals surface area contributed by atoms with Crippen molar-refractivity contribution in [1.82, 2.24) is 0 Å². The van der Waals surface area contributed by atoms with Gasteiger partial charge in [0.1, 0.15) is 5.75 Å². The van der Waals surface area contributed by atoms with Gasteiger partial charge in [0.05, 0.1) is 13.2 Å². The molecular formula is C17H22O4. The molecule has 114 valence electrons. The average Bonchev–Trinajstić information content (AvgIpc) is 2.49. The van der Waals surface area contributed by atoms with Crippen molar-refractivity contribution in [3.05, 3.63) is 35.9 Å². The molecule has 1 aromatic carbocycles. The summed E-state index contributed by atoms with van der Waals surface area (Å²) in [7, 11) is 0. The first-order valence-electron chi connectivity index (χ1n) is 7.43. The van der Waals surface area contributed by atoms with E-state index in [1.54, 1.807) is 6.92 Å². The van der Waals surface area contributed by atoms with Crippen LogP contribution in [0.1, 0.15) is 38.7 Å². The van der Waals surface area contributed by atoms with E-state index in [1.165, 1.54) is 6.08 Å². The van der Waals surface area contributed by atoms with Crippen LogP contribution in [0.4, 0.5) is 0 Å². The van der Waals surface area contributed by atoms with Crippen LogP contribution >= 0.6 is 0 Å². The van der Waals surface area contributed by atoms with Crippen molar-refractivity contribution in [2.45, 2.75) is 39.4 Å². The molecule has 0 aliphatic carbocycles. The number of hydrogen-bond donors (Lipinski definition) is 0. The molecule has 1 unspecified atom stereocenters. The van der Waals surface area contributed by atoms with Gasteiger partial charge >= 0.3 is 5.97 Å². The summed E-state index contributed by atoms with van der Waals surface area (Å²) in [5.41, 5.74) is 1.79. The summed E-state index contributed by atoms with van der Waals surface area (Å²) in [6, 6.07) is 7.68. The summed E-state index contributed by atoms with van der Waals surface area (Å²) in [6.07, 6.45) is 4.48. The van der Waals surface area contributed by atoms with E-state index in [-0.39, 0.29) is 12.3 Å². The van der Waals surface area contributed by atoms with Crippen LogP contribution in [0.2, 0.25) is 0 Å². The minimum Gasteiger partial charge on any atom is -0.465 e. The van der Waals surface area contributed by atoms with E-state index >= 15 is 0 Å². The van der Waals surface area contributed by atoms with Gasteiger partial charge in [-0.3, -0.25) is 0 Å². The van der Waals surface area contributed by atoms with Crippen molar-refractivity contribution in [3.63, 3.8) is 0 Å². The monoisotopic (exact) mass is 290 g/mol. The zero-order chi connectivity index (χ0) is 15.1. The molecule has 1 aliphatic rings. The second-order valence-corrected chi connectivity index (χ2v) is 5.02. The summed E-state index contributed by atoms with van der Waals surface area (Å²) in [4.78, 5) is 11.5. The number of hydrogen-bond acceptors (Lipinski definition) is 4. The number of esters is 1. The Morgan fingerprint density at radius 2 is 2.29 bits per heavy atom. The molecule has 2 rings (SSSR count). The molecule has 0 radical (unpaired) electrons. The quantitative estimate of drug-likeness (QED) is 0.614. The van der Waals surface area contributed by atoms with E-state index in [4.69, 9.17) is 14.2 Å². The number of ether oxygens (including phenoxy) is 3. The number of carbonyl (C=O) groups is 1. The third-order valence-electron chi connectivity index (χ3n) is 3.32.